The van der Waals surface area contributed by atoms with Crippen molar-refractivity contribution in [3.8, 4) is 0 Å². The molecule has 0 bridgehead atoms. The van der Waals surface area contributed by atoms with Crippen molar-refractivity contribution in [1.82, 2.24) is 10.2 Å². The van der Waals surface area contributed by atoms with Gasteiger partial charge in [0.1, 0.15) is 16.4 Å². The van der Waals surface area contributed by atoms with E-state index in [1.54, 1.807) is 24.4 Å². The Balaban J connectivity index is 1.97. The Labute approximate surface area is 193 Å². The molecule has 2 N–H and O–H groups in total. The average Bonchev–Trinajstić information content (AvgIpc) is 3.26. The van der Waals surface area contributed by atoms with Crippen molar-refractivity contribution in [2.24, 2.45) is 0 Å². The van der Waals surface area contributed by atoms with E-state index in [1.807, 2.05) is 25.1 Å². The Kier molecular flexibility index (Phi) is 6.24. The number of benzene rings is 2. The molecule has 0 unspecified atom stereocenters. The summed E-state index contributed by atoms with van der Waals surface area (Å²) >= 11 is 6.42. The Hall–Kier alpha value is -3.97. The summed E-state index contributed by atoms with van der Waals surface area (Å²) in [6, 6.07) is 12.2. The van der Waals surface area contributed by atoms with Crippen LogP contribution in [0.2, 0.25) is 5.02 Å². The first-order chi connectivity index (χ1) is 15.9. The maximum atomic E-state index is 14.9. The van der Waals surface area contributed by atoms with Gasteiger partial charge in [-0.15, -0.1) is 0 Å². The molecule has 0 amide bonds. The van der Waals surface area contributed by atoms with Crippen LogP contribution in [0.15, 0.2) is 67.1 Å². The fourth-order valence-electron chi connectivity index (χ4n) is 3.80. The lowest BCUT2D eigenvalue weighted by Gasteiger charge is -2.17. The molecule has 0 radical (unpaired) electrons. The molecule has 2 aromatic carbocycles. The summed E-state index contributed by atoms with van der Waals surface area (Å²) in [6.45, 7) is 1.96. The van der Waals surface area contributed by atoms with Gasteiger partial charge in [-0.25, -0.2) is 9.18 Å². The second-order valence-electron chi connectivity index (χ2n) is 7.36. The highest BCUT2D eigenvalue weighted by atomic mass is 35.5. The summed E-state index contributed by atoms with van der Waals surface area (Å²) < 4.78 is 15.5. The molecule has 0 fully saturated rings. The third-order valence-electron chi connectivity index (χ3n) is 5.27. The fourth-order valence-corrected chi connectivity index (χ4v) is 4.07. The normalized spacial score (nSPS) is 12.3. The first-order valence-corrected chi connectivity index (χ1v) is 10.5. The topological polar surface area (TPSA) is 92.9 Å². The zero-order valence-electron chi connectivity index (χ0n) is 17.5. The van der Waals surface area contributed by atoms with Crippen LogP contribution in [0.4, 0.5) is 4.39 Å². The van der Waals surface area contributed by atoms with Gasteiger partial charge in [0.05, 0.1) is 6.20 Å². The number of aromatic nitrogens is 3. The van der Waals surface area contributed by atoms with E-state index in [1.165, 1.54) is 24.5 Å². The monoisotopic (exact) mass is 463 g/mol. The quantitative estimate of drug-likeness (QED) is 0.226. The van der Waals surface area contributed by atoms with E-state index >= 15 is 0 Å². The van der Waals surface area contributed by atoms with Gasteiger partial charge in [-0.05, 0) is 52.5 Å². The molecule has 4 rings (SSSR count). The van der Waals surface area contributed by atoms with Gasteiger partial charge in [0.15, 0.2) is 12.4 Å². The van der Waals surface area contributed by atoms with Gasteiger partial charge < -0.3 is 10.3 Å². The number of carboxylic acid groups (broad SMARTS) is 1. The molecule has 33 heavy (non-hydrogen) atoms. The lowest BCUT2D eigenvalue weighted by atomic mass is 9.87. The van der Waals surface area contributed by atoms with Crippen LogP contribution in [-0.4, -0.2) is 21.3 Å². The summed E-state index contributed by atoms with van der Waals surface area (Å²) in [4.78, 5) is 10.8. The molecule has 8 heteroatoms. The standard InChI is InChI=1S/C25H19ClFN3O3/c1-2-19(20-9-10-30(33)14-21(20)26)24(16-6-3-15(4-7-16)5-8-23(31)32)17-11-18-13-28-29-25(18)22(27)12-17/h3-14H,2H2,1H3,(H,28,29)(H,31,32). The molecule has 0 aliphatic rings. The van der Waals surface area contributed by atoms with E-state index in [0.29, 0.717) is 38.7 Å². The number of aromatic amines is 1. The molecule has 2 aromatic heterocycles. The third-order valence-corrected chi connectivity index (χ3v) is 5.57. The number of halogens is 2. The minimum atomic E-state index is -1.04. The number of nitrogens with zero attached hydrogens (tertiary/aromatic N) is 2. The highest BCUT2D eigenvalue weighted by Gasteiger charge is 2.18. The van der Waals surface area contributed by atoms with E-state index in [-0.39, 0.29) is 5.02 Å². The zero-order chi connectivity index (χ0) is 23.5. The Morgan fingerprint density at radius 2 is 2.00 bits per heavy atom. The van der Waals surface area contributed by atoms with Crippen LogP contribution in [0, 0.1) is 11.0 Å². The van der Waals surface area contributed by atoms with Crippen molar-refractivity contribution < 1.29 is 19.0 Å². The van der Waals surface area contributed by atoms with Crippen LogP contribution >= 0.6 is 11.6 Å². The van der Waals surface area contributed by atoms with Crippen LogP contribution < -0.4 is 4.73 Å². The Bertz CT molecular complexity index is 1410. The van der Waals surface area contributed by atoms with Crippen molar-refractivity contribution >= 4 is 45.7 Å². The molecule has 0 aliphatic heterocycles. The fraction of sp³-hybridized carbons (Fsp3) is 0.0800. The van der Waals surface area contributed by atoms with E-state index in [2.05, 4.69) is 10.2 Å². The highest BCUT2D eigenvalue weighted by Crippen LogP contribution is 2.38. The maximum absolute atomic E-state index is 14.9. The summed E-state index contributed by atoms with van der Waals surface area (Å²) in [5, 5.41) is 28.0. The molecule has 4 aromatic rings. The van der Waals surface area contributed by atoms with Crippen molar-refractivity contribution in [2.75, 3.05) is 0 Å². The first kappa shape index (κ1) is 22.2. The minimum Gasteiger partial charge on any atom is -0.619 e. The second kappa shape index (κ2) is 9.26. The van der Waals surface area contributed by atoms with Gasteiger partial charge in [0, 0.05) is 23.1 Å². The van der Waals surface area contributed by atoms with Crippen molar-refractivity contribution in [3.05, 3.63) is 105 Å². The number of rotatable bonds is 6. The van der Waals surface area contributed by atoms with Crippen molar-refractivity contribution in [3.63, 3.8) is 0 Å². The minimum absolute atomic E-state index is 0.285. The molecule has 166 valence electrons. The van der Waals surface area contributed by atoms with Crippen LogP contribution in [0.3, 0.4) is 0 Å². The van der Waals surface area contributed by atoms with Crippen molar-refractivity contribution in [2.45, 2.75) is 13.3 Å². The van der Waals surface area contributed by atoms with E-state index < -0.39 is 11.8 Å². The number of carboxylic acids is 1. The van der Waals surface area contributed by atoms with Gasteiger partial charge in [-0.1, -0.05) is 42.8 Å². The zero-order valence-corrected chi connectivity index (χ0v) is 18.3. The number of fused-ring (bicyclic) bond motifs is 1. The molecular weight excluding hydrogens is 445 g/mol. The maximum Gasteiger partial charge on any atom is 0.328 e. The van der Waals surface area contributed by atoms with E-state index in [0.717, 1.165) is 22.8 Å². The summed E-state index contributed by atoms with van der Waals surface area (Å²) in [7, 11) is 0. The first-order valence-electron chi connectivity index (χ1n) is 10.1. The lowest BCUT2D eigenvalue weighted by Crippen LogP contribution is -2.24. The van der Waals surface area contributed by atoms with Crippen LogP contribution in [0.5, 0.6) is 0 Å². The van der Waals surface area contributed by atoms with Gasteiger partial charge in [0.25, 0.3) is 0 Å². The third kappa shape index (κ3) is 4.63. The largest absolute Gasteiger partial charge is 0.619 e. The molecule has 6 nitrogen and oxygen atoms in total. The molecule has 2 heterocycles. The number of aliphatic carboxylic acids is 1. The molecule has 0 aliphatic carbocycles. The number of hydrogen-bond acceptors (Lipinski definition) is 3. The molecule has 0 saturated carbocycles. The van der Waals surface area contributed by atoms with Crippen molar-refractivity contribution in [1.29, 1.82) is 0 Å². The molecule has 0 spiro atoms. The average molecular weight is 464 g/mol. The molecule has 0 saturated heterocycles. The van der Waals surface area contributed by atoms with Crippen LogP contribution in [0.1, 0.15) is 35.6 Å². The highest BCUT2D eigenvalue weighted by molar-refractivity contribution is 6.32. The molecule has 0 atom stereocenters. The predicted molar refractivity (Wildman–Crippen MR) is 126 cm³/mol. The summed E-state index contributed by atoms with van der Waals surface area (Å²) in [5.41, 5.74) is 4.69. The SMILES string of the molecule is CCC(=C(c1ccc(C=CC(=O)O)cc1)c1cc(F)c2[nH]ncc2c1)c1cc[n+]([O-])cc1Cl. The Morgan fingerprint density at radius 3 is 2.67 bits per heavy atom. The number of H-pyrrole nitrogens is 1. The van der Waals surface area contributed by atoms with E-state index in [9.17, 15) is 14.4 Å². The van der Waals surface area contributed by atoms with Gasteiger partial charge in [0.2, 0.25) is 0 Å². The lowest BCUT2D eigenvalue weighted by molar-refractivity contribution is -0.605. The van der Waals surface area contributed by atoms with E-state index in [4.69, 9.17) is 16.7 Å². The summed E-state index contributed by atoms with van der Waals surface area (Å²) in [5.74, 6) is -1.48. The predicted octanol–water partition coefficient (Wildman–Crippen LogP) is 5.46. The number of allylic oxidation sites excluding steroid dienone is 1. The van der Waals surface area contributed by atoms with Gasteiger partial charge in [-0.2, -0.15) is 9.83 Å². The number of nitrogens with one attached hydrogen (secondary N) is 1. The summed E-state index contributed by atoms with van der Waals surface area (Å²) in [6.07, 6.45) is 7.32. The molecular formula is C25H19ClFN3O3. The number of pyridine rings is 1. The van der Waals surface area contributed by atoms with Crippen LogP contribution in [-0.2, 0) is 4.79 Å². The number of hydrogen-bond donors (Lipinski definition) is 2. The Morgan fingerprint density at radius 1 is 1.24 bits per heavy atom. The smallest absolute Gasteiger partial charge is 0.328 e. The van der Waals surface area contributed by atoms with Gasteiger partial charge >= 0.3 is 5.97 Å². The second-order valence-corrected chi connectivity index (χ2v) is 7.77. The van der Waals surface area contributed by atoms with Crippen LogP contribution in [0.25, 0.3) is 28.1 Å². The van der Waals surface area contributed by atoms with Gasteiger partial charge in [-0.3, -0.25) is 5.10 Å². The number of carbonyl (C=O) groups is 1.